The molecule has 1 atom stereocenters. The SMILES string of the molecule is CCC(C)c1ccc(OCCn2c(/C=C/c3ccc(OC)cc3)nc3ccccc32)cc1. The maximum absolute atomic E-state index is 6.05. The molecule has 0 saturated heterocycles. The summed E-state index contributed by atoms with van der Waals surface area (Å²) >= 11 is 0. The summed E-state index contributed by atoms with van der Waals surface area (Å²) in [5, 5.41) is 0. The van der Waals surface area contributed by atoms with Gasteiger partial charge in [0, 0.05) is 0 Å². The van der Waals surface area contributed by atoms with Gasteiger partial charge in [-0.2, -0.15) is 0 Å². The zero-order valence-corrected chi connectivity index (χ0v) is 19.0. The summed E-state index contributed by atoms with van der Waals surface area (Å²) in [6, 6.07) is 24.7. The van der Waals surface area contributed by atoms with Crippen molar-refractivity contribution in [1.29, 1.82) is 0 Å². The second kappa shape index (κ2) is 10.2. The number of aromatic nitrogens is 2. The van der Waals surface area contributed by atoms with Gasteiger partial charge in [-0.15, -0.1) is 0 Å². The van der Waals surface area contributed by atoms with E-state index >= 15 is 0 Å². The molecule has 0 aliphatic carbocycles. The second-order valence-corrected chi connectivity index (χ2v) is 7.94. The van der Waals surface area contributed by atoms with E-state index in [2.05, 4.69) is 60.9 Å². The van der Waals surface area contributed by atoms with Crippen LogP contribution in [-0.4, -0.2) is 23.3 Å². The van der Waals surface area contributed by atoms with Crippen LogP contribution in [0.25, 0.3) is 23.2 Å². The molecule has 0 aliphatic heterocycles. The van der Waals surface area contributed by atoms with E-state index in [0.717, 1.165) is 46.9 Å². The van der Waals surface area contributed by atoms with Crippen LogP contribution in [0.2, 0.25) is 0 Å². The molecule has 1 heterocycles. The molecule has 1 aromatic heterocycles. The molecule has 1 unspecified atom stereocenters. The Bertz CT molecular complexity index is 1170. The number of nitrogens with zero attached hydrogens (tertiary/aromatic N) is 2. The molecule has 0 bridgehead atoms. The van der Waals surface area contributed by atoms with Crippen LogP contribution in [-0.2, 0) is 6.54 Å². The van der Waals surface area contributed by atoms with Crippen LogP contribution >= 0.6 is 0 Å². The van der Waals surface area contributed by atoms with E-state index in [1.807, 2.05) is 42.5 Å². The van der Waals surface area contributed by atoms with Crippen LogP contribution in [0.5, 0.6) is 11.5 Å². The molecule has 4 heteroatoms. The number of imidazole rings is 1. The molecule has 0 amide bonds. The molecule has 0 aliphatic rings. The van der Waals surface area contributed by atoms with E-state index in [9.17, 15) is 0 Å². The fraction of sp³-hybridized carbons (Fsp3) is 0.250. The largest absolute Gasteiger partial charge is 0.497 e. The highest BCUT2D eigenvalue weighted by Gasteiger charge is 2.09. The Balaban J connectivity index is 1.49. The fourth-order valence-electron chi connectivity index (χ4n) is 3.73. The first-order valence-corrected chi connectivity index (χ1v) is 11.2. The van der Waals surface area contributed by atoms with Gasteiger partial charge >= 0.3 is 0 Å². The normalized spacial score (nSPS) is 12.3. The Hall–Kier alpha value is -3.53. The highest BCUT2D eigenvalue weighted by Crippen LogP contribution is 2.22. The number of fused-ring (bicyclic) bond motifs is 1. The number of hydrogen-bond acceptors (Lipinski definition) is 3. The van der Waals surface area contributed by atoms with Gasteiger partial charge in [-0.3, -0.25) is 0 Å². The fourth-order valence-corrected chi connectivity index (χ4v) is 3.73. The molecule has 0 saturated carbocycles. The van der Waals surface area contributed by atoms with Crippen molar-refractivity contribution in [3.63, 3.8) is 0 Å². The van der Waals surface area contributed by atoms with Gasteiger partial charge in [0.15, 0.2) is 0 Å². The molecular formula is C28H30N2O2. The van der Waals surface area contributed by atoms with E-state index in [0.29, 0.717) is 12.5 Å². The van der Waals surface area contributed by atoms with Crippen molar-refractivity contribution >= 4 is 23.2 Å². The topological polar surface area (TPSA) is 36.3 Å². The molecular weight excluding hydrogens is 396 g/mol. The van der Waals surface area contributed by atoms with Gasteiger partial charge in [0.05, 0.1) is 24.7 Å². The predicted octanol–water partition coefficient (Wildman–Crippen LogP) is 6.81. The lowest BCUT2D eigenvalue weighted by Crippen LogP contribution is -2.09. The highest BCUT2D eigenvalue weighted by molar-refractivity contribution is 5.79. The average Bonchev–Trinajstić information content (AvgIpc) is 3.20. The molecule has 4 nitrogen and oxygen atoms in total. The van der Waals surface area contributed by atoms with Crippen molar-refractivity contribution in [2.75, 3.05) is 13.7 Å². The summed E-state index contributed by atoms with van der Waals surface area (Å²) in [4.78, 5) is 4.82. The summed E-state index contributed by atoms with van der Waals surface area (Å²) in [6.07, 6.45) is 5.27. The third-order valence-corrected chi connectivity index (χ3v) is 5.87. The van der Waals surface area contributed by atoms with Gasteiger partial charge in [-0.1, -0.05) is 56.3 Å². The summed E-state index contributed by atoms with van der Waals surface area (Å²) in [5.41, 5.74) is 4.55. The van der Waals surface area contributed by atoms with Crippen LogP contribution in [0.3, 0.4) is 0 Å². The lowest BCUT2D eigenvalue weighted by Gasteiger charge is -2.12. The minimum Gasteiger partial charge on any atom is -0.497 e. The lowest BCUT2D eigenvalue weighted by atomic mass is 9.99. The van der Waals surface area contributed by atoms with Crippen LogP contribution in [0.1, 0.15) is 43.1 Å². The number of benzene rings is 3. The quantitative estimate of drug-likeness (QED) is 0.295. The zero-order valence-electron chi connectivity index (χ0n) is 19.0. The molecule has 4 aromatic rings. The molecule has 4 rings (SSSR count). The summed E-state index contributed by atoms with van der Waals surface area (Å²) in [6.45, 7) is 5.76. The van der Waals surface area contributed by atoms with Gasteiger partial charge in [0.25, 0.3) is 0 Å². The number of hydrogen-bond donors (Lipinski definition) is 0. The molecule has 3 aromatic carbocycles. The first kappa shape index (κ1) is 21.7. The Labute approximate surface area is 190 Å². The Morgan fingerprint density at radius 2 is 1.62 bits per heavy atom. The zero-order chi connectivity index (χ0) is 22.3. The first-order chi connectivity index (χ1) is 15.7. The van der Waals surface area contributed by atoms with E-state index in [1.165, 1.54) is 5.56 Å². The van der Waals surface area contributed by atoms with Crippen LogP contribution in [0, 0.1) is 0 Å². The average molecular weight is 427 g/mol. The minimum atomic E-state index is 0.571. The minimum absolute atomic E-state index is 0.571. The van der Waals surface area contributed by atoms with Crippen molar-refractivity contribution < 1.29 is 9.47 Å². The summed E-state index contributed by atoms with van der Waals surface area (Å²) < 4.78 is 13.5. The van der Waals surface area contributed by atoms with E-state index in [-0.39, 0.29) is 0 Å². The number of ether oxygens (including phenoxy) is 2. The second-order valence-electron chi connectivity index (χ2n) is 7.94. The van der Waals surface area contributed by atoms with Crippen molar-refractivity contribution in [3.05, 3.63) is 89.7 Å². The van der Waals surface area contributed by atoms with Crippen molar-refractivity contribution in [2.24, 2.45) is 0 Å². The van der Waals surface area contributed by atoms with Gasteiger partial charge in [0.1, 0.15) is 23.9 Å². The Morgan fingerprint density at radius 3 is 2.34 bits per heavy atom. The van der Waals surface area contributed by atoms with Crippen molar-refractivity contribution in [1.82, 2.24) is 9.55 Å². The Morgan fingerprint density at radius 1 is 0.906 bits per heavy atom. The molecule has 0 fully saturated rings. The highest BCUT2D eigenvalue weighted by atomic mass is 16.5. The Kier molecular flexibility index (Phi) is 6.90. The number of rotatable bonds is 9. The van der Waals surface area contributed by atoms with Gasteiger partial charge < -0.3 is 14.0 Å². The molecule has 0 spiro atoms. The van der Waals surface area contributed by atoms with E-state index in [1.54, 1.807) is 7.11 Å². The lowest BCUT2D eigenvalue weighted by molar-refractivity contribution is 0.299. The first-order valence-electron chi connectivity index (χ1n) is 11.2. The third-order valence-electron chi connectivity index (χ3n) is 5.87. The molecule has 164 valence electrons. The van der Waals surface area contributed by atoms with Crippen LogP contribution in [0.15, 0.2) is 72.8 Å². The maximum Gasteiger partial charge on any atom is 0.133 e. The molecule has 0 radical (unpaired) electrons. The molecule has 0 N–H and O–H groups in total. The maximum atomic E-state index is 6.05. The monoisotopic (exact) mass is 426 g/mol. The standard InChI is InChI=1S/C28H30N2O2/c1-4-21(2)23-12-16-25(17-13-23)32-20-19-30-27-8-6-5-7-26(27)29-28(30)18-11-22-9-14-24(31-3)15-10-22/h5-18,21H,4,19-20H2,1-3H3/b18-11+. The van der Waals surface area contributed by atoms with E-state index in [4.69, 9.17) is 14.5 Å². The van der Waals surface area contributed by atoms with Gasteiger partial charge in [-0.25, -0.2) is 4.98 Å². The van der Waals surface area contributed by atoms with E-state index < -0.39 is 0 Å². The van der Waals surface area contributed by atoms with Crippen LogP contribution in [0.4, 0.5) is 0 Å². The number of para-hydroxylation sites is 2. The van der Waals surface area contributed by atoms with Crippen LogP contribution < -0.4 is 9.47 Å². The third kappa shape index (κ3) is 5.02. The van der Waals surface area contributed by atoms with Gasteiger partial charge in [0.2, 0.25) is 0 Å². The molecule has 32 heavy (non-hydrogen) atoms. The van der Waals surface area contributed by atoms with Gasteiger partial charge in [-0.05, 0) is 65.9 Å². The van der Waals surface area contributed by atoms with Crippen molar-refractivity contribution in [2.45, 2.75) is 32.7 Å². The predicted molar refractivity (Wildman–Crippen MR) is 132 cm³/mol. The number of methoxy groups -OCH3 is 1. The van der Waals surface area contributed by atoms with Crippen molar-refractivity contribution in [3.8, 4) is 11.5 Å². The summed E-state index contributed by atoms with van der Waals surface area (Å²) in [5.74, 6) is 3.24. The smallest absolute Gasteiger partial charge is 0.133 e. The summed E-state index contributed by atoms with van der Waals surface area (Å²) in [7, 11) is 1.68.